The van der Waals surface area contributed by atoms with E-state index < -0.39 is 0 Å². The number of aryl methyl sites for hydroxylation is 1. The summed E-state index contributed by atoms with van der Waals surface area (Å²) in [4.78, 5) is 0. The number of ether oxygens (including phenoxy) is 1. The summed E-state index contributed by atoms with van der Waals surface area (Å²) in [5.74, 6) is 0. The van der Waals surface area contributed by atoms with Gasteiger partial charge in [0.05, 0.1) is 6.61 Å². The Hall–Kier alpha value is -0.860. The molecular formula is C16H27NO. The van der Waals surface area contributed by atoms with Gasteiger partial charge in [-0.15, -0.1) is 0 Å². The van der Waals surface area contributed by atoms with Crippen molar-refractivity contribution < 1.29 is 4.74 Å². The Labute approximate surface area is 112 Å². The summed E-state index contributed by atoms with van der Waals surface area (Å²) in [5, 5.41) is 3.28. The van der Waals surface area contributed by atoms with E-state index >= 15 is 0 Å². The molecule has 0 bridgehead atoms. The van der Waals surface area contributed by atoms with Crippen LogP contribution in [0.4, 0.5) is 0 Å². The van der Waals surface area contributed by atoms with E-state index in [0.29, 0.717) is 6.04 Å². The molecule has 0 aliphatic carbocycles. The molecule has 0 saturated heterocycles. The van der Waals surface area contributed by atoms with Crippen LogP contribution in [0.1, 0.15) is 38.3 Å². The molecule has 0 aromatic heterocycles. The lowest BCUT2D eigenvalue weighted by Crippen LogP contribution is -2.30. The van der Waals surface area contributed by atoms with Crippen LogP contribution in [0, 0.1) is 0 Å². The number of methoxy groups -OCH3 is 1. The average molecular weight is 249 g/mol. The van der Waals surface area contributed by atoms with Gasteiger partial charge in [0.15, 0.2) is 0 Å². The topological polar surface area (TPSA) is 21.3 Å². The van der Waals surface area contributed by atoms with Crippen molar-refractivity contribution in [3.63, 3.8) is 0 Å². The van der Waals surface area contributed by atoms with Crippen LogP contribution in [-0.4, -0.2) is 26.8 Å². The molecule has 0 aliphatic rings. The molecule has 1 aromatic carbocycles. The second-order valence-corrected chi connectivity index (χ2v) is 5.93. The maximum atomic E-state index is 5.18. The third kappa shape index (κ3) is 4.79. The zero-order valence-corrected chi connectivity index (χ0v) is 12.4. The summed E-state index contributed by atoms with van der Waals surface area (Å²) >= 11 is 0. The number of nitrogens with one attached hydrogen (secondary N) is 1. The fourth-order valence-corrected chi connectivity index (χ4v) is 2.02. The Morgan fingerprint density at radius 3 is 2.22 bits per heavy atom. The first-order valence-corrected chi connectivity index (χ1v) is 6.73. The monoisotopic (exact) mass is 249 g/mol. The van der Waals surface area contributed by atoms with Crippen LogP contribution < -0.4 is 5.32 Å². The second-order valence-electron chi connectivity index (χ2n) is 5.93. The van der Waals surface area contributed by atoms with Crippen LogP contribution in [-0.2, 0) is 16.6 Å². The molecule has 0 aliphatic heterocycles. The van der Waals surface area contributed by atoms with Gasteiger partial charge in [-0.25, -0.2) is 0 Å². The molecule has 0 spiro atoms. The summed E-state index contributed by atoms with van der Waals surface area (Å²) in [5.41, 5.74) is 3.04. The van der Waals surface area contributed by atoms with E-state index in [-0.39, 0.29) is 5.41 Å². The first-order valence-electron chi connectivity index (χ1n) is 6.73. The van der Waals surface area contributed by atoms with Crippen molar-refractivity contribution in [2.45, 2.75) is 45.1 Å². The number of likely N-dealkylation sites (N-methyl/N-ethyl adjacent to an activating group) is 1. The zero-order valence-electron chi connectivity index (χ0n) is 12.4. The van der Waals surface area contributed by atoms with Gasteiger partial charge in [0.1, 0.15) is 0 Å². The van der Waals surface area contributed by atoms with Crippen molar-refractivity contribution >= 4 is 0 Å². The van der Waals surface area contributed by atoms with Crippen LogP contribution in [0.25, 0.3) is 0 Å². The quantitative estimate of drug-likeness (QED) is 0.836. The van der Waals surface area contributed by atoms with Crippen LogP contribution in [0.15, 0.2) is 24.3 Å². The maximum absolute atomic E-state index is 5.18. The van der Waals surface area contributed by atoms with Gasteiger partial charge < -0.3 is 10.1 Å². The van der Waals surface area contributed by atoms with Gasteiger partial charge in [-0.3, -0.25) is 0 Å². The molecule has 1 aromatic rings. The highest BCUT2D eigenvalue weighted by molar-refractivity contribution is 5.27. The lowest BCUT2D eigenvalue weighted by molar-refractivity contribution is 0.166. The van der Waals surface area contributed by atoms with Crippen LogP contribution in [0.2, 0.25) is 0 Å². The van der Waals surface area contributed by atoms with Gasteiger partial charge in [-0.05, 0) is 36.4 Å². The predicted molar refractivity (Wildman–Crippen MR) is 78.2 cm³/mol. The highest BCUT2D eigenvalue weighted by atomic mass is 16.5. The summed E-state index contributed by atoms with van der Waals surface area (Å²) < 4.78 is 5.18. The molecule has 0 amide bonds. The zero-order chi connectivity index (χ0) is 13.6. The van der Waals surface area contributed by atoms with Gasteiger partial charge in [-0.2, -0.15) is 0 Å². The van der Waals surface area contributed by atoms with E-state index in [2.05, 4.69) is 50.4 Å². The van der Waals surface area contributed by atoms with Crippen LogP contribution >= 0.6 is 0 Å². The van der Waals surface area contributed by atoms with E-state index in [1.807, 2.05) is 7.05 Å². The molecule has 2 nitrogen and oxygen atoms in total. The molecule has 0 saturated carbocycles. The van der Waals surface area contributed by atoms with Crippen LogP contribution in [0.5, 0.6) is 0 Å². The number of rotatable bonds is 6. The third-order valence-electron chi connectivity index (χ3n) is 3.38. The Bertz CT molecular complexity index is 337. The van der Waals surface area contributed by atoms with E-state index in [4.69, 9.17) is 4.74 Å². The molecule has 0 radical (unpaired) electrons. The minimum atomic E-state index is 0.238. The number of hydrogen-bond donors (Lipinski definition) is 1. The van der Waals surface area contributed by atoms with E-state index in [0.717, 1.165) is 19.4 Å². The molecular weight excluding hydrogens is 222 g/mol. The van der Waals surface area contributed by atoms with Gasteiger partial charge in [-0.1, -0.05) is 45.0 Å². The molecule has 1 unspecified atom stereocenters. The second kappa shape index (κ2) is 6.91. The Morgan fingerprint density at radius 2 is 1.78 bits per heavy atom. The van der Waals surface area contributed by atoms with E-state index in [9.17, 15) is 0 Å². The number of hydrogen-bond acceptors (Lipinski definition) is 2. The maximum Gasteiger partial charge on any atom is 0.0615 e. The SMILES string of the molecule is CNC(CCc1ccc(C(C)(C)C)cc1)COC. The number of benzene rings is 1. The molecule has 102 valence electrons. The summed E-state index contributed by atoms with van der Waals surface area (Å²) in [6, 6.07) is 9.44. The fraction of sp³-hybridized carbons (Fsp3) is 0.625. The highest BCUT2D eigenvalue weighted by Gasteiger charge is 2.13. The van der Waals surface area contributed by atoms with Crippen LogP contribution in [0.3, 0.4) is 0 Å². The summed E-state index contributed by atoms with van der Waals surface area (Å²) in [7, 11) is 3.74. The molecule has 0 heterocycles. The van der Waals surface area contributed by atoms with E-state index in [1.165, 1.54) is 11.1 Å². The van der Waals surface area contributed by atoms with Gasteiger partial charge in [0.2, 0.25) is 0 Å². The first kappa shape index (κ1) is 15.2. The van der Waals surface area contributed by atoms with Crippen molar-refractivity contribution in [2.75, 3.05) is 20.8 Å². The van der Waals surface area contributed by atoms with Crippen molar-refractivity contribution in [1.29, 1.82) is 0 Å². The smallest absolute Gasteiger partial charge is 0.0615 e. The summed E-state index contributed by atoms with van der Waals surface area (Å²) in [6.45, 7) is 7.52. The first-order chi connectivity index (χ1) is 8.47. The Morgan fingerprint density at radius 1 is 1.17 bits per heavy atom. The van der Waals surface area contributed by atoms with E-state index in [1.54, 1.807) is 7.11 Å². The van der Waals surface area contributed by atoms with Gasteiger partial charge >= 0.3 is 0 Å². The van der Waals surface area contributed by atoms with Crippen molar-refractivity contribution in [3.8, 4) is 0 Å². The molecule has 1 atom stereocenters. The standard InChI is InChI=1S/C16H27NO/c1-16(2,3)14-9-6-13(7-10-14)8-11-15(17-4)12-18-5/h6-7,9-10,15,17H,8,11-12H2,1-5H3. The lowest BCUT2D eigenvalue weighted by atomic mass is 9.86. The van der Waals surface area contributed by atoms with Gasteiger partial charge in [0, 0.05) is 13.2 Å². The Kier molecular flexibility index (Phi) is 5.83. The molecule has 1 N–H and O–H groups in total. The van der Waals surface area contributed by atoms with Crippen molar-refractivity contribution in [2.24, 2.45) is 0 Å². The molecule has 18 heavy (non-hydrogen) atoms. The molecule has 1 rings (SSSR count). The Balaban J connectivity index is 2.53. The average Bonchev–Trinajstić information content (AvgIpc) is 2.34. The fourth-order valence-electron chi connectivity index (χ4n) is 2.02. The predicted octanol–water partition coefficient (Wildman–Crippen LogP) is 3.15. The minimum absolute atomic E-state index is 0.238. The summed E-state index contributed by atoms with van der Waals surface area (Å²) in [6.07, 6.45) is 2.21. The van der Waals surface area contributed by atoms with Crippen molar-refractivity contribution in [1.82, 2.24) is 5.32 Å². The lowest BCUT2D eigenvalue weighted by Gasteiger charge is -2.19. The van der Waals surface area contributed by atoms with Gasteiger partial charge in [0.25, 0.3) is 0 Å². The largest absolute Gasteiger partial charge is 0.383 e. The normalized spacial score (nSPS) is 13.6. The minimum Gasteiger partial charge on any atom is -0.383 e. The third-order valence-corrected chi connectivity index (χ3v) is 3.38. The highest BCUT2D eigenvalue weighted by Crippen LogP contribution is 2.22. The molecule has 0 fully saturated rings. The molecule has 2 heteroatoms. The van der Waals surface area contributed by atoms with Crippen molar-refractivity contribution in [3.05, 3.63) is 35.4 Å².